The zero-order valence-corrected chi connectivity index (χ0v) is 13.0. The Bertz CT molecular complexity index is 93.1. The topological polar surface area (TPSA) is 6.48 Å². The van der Waals surface area contributed by atoms with Crippen LogP contribution in [0.1, 0.15) is 12.8 Å². The fraction of sp³-hybridized carbons (Fsp3) is 1.00. The summed E-state index contributed by atoms with van der Waals surface area (Å²) in [5.74, 6) is 0. The Morgan fingerprint density at radius 3 is 1.46 bits per heavy atom. The molecular formula is C10H24InN2. The summed E-state index contributed by atoms with van der Waals surface area (Å²) >= 11 is -0.145. The van der Waals surface area contributed by atoms with E-state index in [1.165, 1.54) is 25.9 Å². The van der Waals surface area contributed by atoms with Gasteiger partial charge in [0.05, 0.1) is 0 Å². The van der Waals surface area contributed by atoms with Gasteiger partial charge in [-0.05, 0) is 0 Å². The summed E-state index contributed by atoms with van der Waals surface area (Å²) in [6.07, 6.45) is 2.88. The average Bonchev–Trinajstić information content (AvgIpc) is 2.01. The van der Waals surface area contributed by atoms with E-state index in [0.29, 0.717) is 0 Å². The number of rotatable bonds is 8. The molecule has 0 bridgehead atoms. The molecule has 2 nitrogen and oxygen atoms in total. The van der Waals surface area contributed by atoms with Crippen LogP contribution in [0.5, 0.6) is 0 Å². The molecule has 0 saturated heterocycles. The summed E-state index contributed by atoms with van der Waals surface area (Å²) in [7, 11) is 8.66. The average molecular weight is 287 g/mol. The standard InChI is InChI=1S/2C5H12N.In/c2*1-4-5-6(2)3;/h2*1,4-5H2,2-3H3;. The van der Waals surface area contributed by atoms with Gasteiger partial charge in [0.2, 0.25) is 0 Å². The Hall–Kier alpha value is 0.790. The maximum atomic E-state index is 2.29. The van der Waals surface area contributed by atoms with Gasteiger partial charge in [-0.15, -0.1) is 0 Å². The summed E-state index contributed by atoms with van der Waals surface area (Å²) in [5.41, 5.74) is 0. The molecule has 0 amide bonds. The van der Waals surface area contributed by atoms with Gasteiger partial charge >= 0.3 is 95.2 Å². The summed E-state index contributed by atoms with van der Waals surface area (Å²) in [6, 6.07) is 0. The van der Waals surface area contributed by atoms with Gasteiger partial charge < -0.3 is 0 Å². The van der Waals surface area contributed by atoms with Crippen LogP contribution in [0.2, 0.25) is 8.35 Å². The van der Waals surface area contributed by atoms with E-state index in [1.54, 1.807) is 8.35 Å². The predicted octanol–water partition coefficient (Wildman–Crippen LogP) is 1.43. The van der Waals surface area contributed by atoms with E-state index in [9.17, 15) is 0 Å². The second-order valence-electron chi connectivity index (χ2n) is 4.18. The van der Waals surface area contributed by atoms with Crippen LogP contribution in [0, 0.1) is 0 Å². The Balaban J connectivity index is 2.92. The molecule has 0 N–H and O–H groups in total. The van der Waals surface area contributed by atoms with Crippen LogP contribution in [0.4, 0.5) is 0 Å². The van der Waals surface area contributed by atoms with Crippen molar-refractivity contribution >= 4 is 22.9 Å². The fourth-order valence-electron chi connectivity index (χ4n) is 1.25. The molecule has 0 aromatic heterocycles. The Morgan fingerprint density at radius 2 is 1.15 bits per heavy atom. The molecule has 0 rings (SSSR count). The monoisotopic (exact) mass is 287 g/mol. The third-order valence-electron chi connectivity index (χ3n) is 2.03. The minimum atomic E-state index is -0.145. The van der Waals surface area contributed by atoms with Crippen LogP contribution in [0.15, 0.2) is 0 Å². The van der Waals surface area contributed by atoms with E-state index in [-0.39, 0.29) is 22.9 Å². The van der Waals surface area contributed by atoms with Crippen molar-refractivity contribution in [2.24, 2.45) is 0 Å². The van der Waals surface area contributed by atoms with Crippen molar-refractivity contribution in [2.45, 2.75) is 21.2 Å². The van der Waals surface area contributed by atoms with Crippen molar-refractivity contribution in [2.75, 3.05) is 41.3 Å². The van der Waals surface area contributed by atoms with Gasteiger partial charge in [0.25, 0.3) is 0 Å². The van der Waals surface area contributed by atoms with Crippen molar-refractivity contribution in [3.8, 4) is 0 Å². The maximum absolute atomic E-state index is 2.29. The van der Waals surface area contributed by atoms with Crippen LogP contribution in [-0.2, 0) is 0 Å². The predicted molar refractivity (Wildman–Crippen MR) is 61.7 cm³/mol. The Labute approximate surface area is 95.0 Å². The number of hydrogen-bond acceptors (Lipinski definition) is 2. The molecule has 1 radical (unpaired) electrons. The molecule has 0 aliphatic rings. The first-order chi connectivity index (χ1) is 6.13. The summed E-state index contributed by atoms with van der Waals surface area (Å²) in [4.78, 5) is 4.59. The molecule has 0 fully saturated rings. The Kier molecular flexibility index (Phi) is 9.92. The van der Waals surface area contributed by atoms with Crippen LogP contribution >= 0.6 is 0 Å². The van der Waals surface area contributed by atoms with Crippen molar-refractivity contribution in [1.29, 1.82) is 0 Å². The fourth-order valence-corrected chi connectivity index (χ4v) is 4.76. The molecule has 0 unspecified atom stereocenters. The van der Waals surface area contributed by atoms with Crippen LogP contribution in [0.3, 0.4) is 0 Å². The van der Waals surface area contributed by atoms with Crippen LogP contribution in [-0.4, -0.2) is 74.0 Å². The molecule has 0 aliphatic carbocycles. The van der Waals surface area contributed by atoms with Crippen molar-refractivity contribution in [1.82, 2.24) is 9.80 Å². The molecule has 0 aromatic rings. The minimum absolute atomic E-state index is 0.145. The van der Waals surface area contributed by atoms with Gasteiger partial charge in [-0.25, -0.2) is 0 Å². The molecule has 0 heterocycles. The zero-order chi connectivity index (χ0) is 10.1. The molecule has 0 atom stereocenters. The quantitative estimate of drug-likeness (QED) is 0.623. The third kappa shape index (κ3) is 12.8. The second kappa shape index (κ2) is 9.35. The third-order valence-corrected chi connectivity index (χ3v) is 6.69. The molecule has 0 aliphatic heterocycles. The first-order valence-electron chi connectivity index (χ1n) is 5.24. The summed E-state index contributed by atoms with van der Waals surface area (Å²) < 4.78 is 3.17. The zero-order valence-electron chi connectivity index (χ0n) is 9.71. The Morgan fingerprint density at radius 1 is 0.769 bits per heavy atom. The number of hydrogen-bond donors (Lipinski definition) is 0. The molecule has 3 heteroatoms. The van der Waals surface area contributed by atoms with Crippen LogP contribution < -0.4 is 0 Å². The van der Waals surface area contributed by atoms with E-state index >= 15 is 0 Å². The van der Waals surface area contributed by atoms with Crippen molar-refractivity contribution in [3.05, 3.63) is 0 Å². The first-order valence-corrected chi connectivity index (χ1v) is 9.90. The summed E-state index contributed by atoms with van der Waals surface area (Å²) in [5, 5.41) is 0. The second-order valence-corrected chi connectivity index (χ2v) is 9.12. The first kappa shape index (κ1) is 13.8. The van der Waals surface area contributed by atoms with Gasteiger partial charge in [-0.3, -0.25) is 0 Å². The summed E-state index contributed by atoms with van der Waals surface area (Å²) in [6.45, 7) is 2.58. The SMILES string of the molecule is CN(C)CC[CH2][In][CH2]CCN(C)C. The van der Waals surface area contributed by atoms with E-state index in [0.717, 1.165) is 0 Å². The van der Waals surface area contributed by atoms with Gasteiger partial charge in [0.15, 0.2) is 0 Å². The number of nitrogens with zero attached hydrogens (tertiary/aromatic N) is 2. The van der Waals surface area contributed by atoms with Gasteiger partial charge in [-0.1, -0.05) is 0 Å². The molecule has 77 valence electrons. The van der Waals surface area contributed by atoms with E-state index in [4.69, 9.17) is 0 Å². The molecule has 13 heavy (non-hydrogen) atoms. The van der Waals surface area contributed by atoms with Gasteiger partial charge in [0, 0.05) is 0 Å². The molecule has 0 spiro atoms. The van der Waals surface area contributed by atoms with Crippen molar-refractivity contribution in [3.63, 3.8) is 0 Å². The van der Waals surface area contributed by atoms with E-state index in [2.05, 4.69) is 38.0 Å². The van der Waals surface area contributed by atoms with Crippen molar-refractivity contribution < 1.29 is 0 Å². The van der Waals surface area contributed by atoms with E-state index < -0.39 is 0 Å². The van der Waals surface area contributed by atoms with Gasteiger partial charge in [-0.2, -0.15) is 0 Å². The molecular weight excluding hydrogens is 263 g/mol. The molecule has 0 aromatic carbocycles. The van der Waals surface area contributed by atoms with E-state index in [1.807, 2.05) is 0 Å². The molecule has 0 saturated carbocycles. The van der Waals surface area contributed by atoms with Gasteiger partial charge in [0.1, 0.15) is 0 Å². The normalized spacial score (nSPS) is 11.2. The van der Waals surface area contributed by atoms with Crippen LogP contribution in [0.25, 0.3) is 0 Å².